The molecular formula is C21H20N4O3S. The van der Waals surface area contributed by atoms with Gasteiger partial charge in [0.25, 0.3) is 5.91 Å². The van der Waals surface area contributed by atoms with Crippen LogP contribution < -0.4 is 14.8 Å². The summed E-state index contributed by atoms with van der Waals surface area (Å²) in [7, 11) is 3.19. The quantitative estimate of drug-likeness (QED) is 0.526. The molecule has 0 atom stereocenters. The Labute approximate surface area is 171 Å². The van der Waals surface area contributed by atoms with Gasteiger partial charge in [0, 0.05) is 23.9 Å². The molecule has 0 aliphatic carbocycles. The fraction of sp³-hybridized carbons (Fsp3) is 0.190. The number of nitrogens with one attached hydrogen (secondary N) is 1. The number of carbonyl (C=O) groups is 1. The Morgan fingerprint density at radius 3 is 2.76 bits per heavy atom. The van der Waals surface area contributed by atoms with Crippen molar-refractivity contribution in [1.29, 1.82) is 0 Å². The van der Waals surface area contributed by atoms with E-state index in [4.69, 9.17) is 9.47 Å². The second-order valence-electron chi connectivity index (χ2n) is 6.42. The van der Waals surface area contributed by atoms with Crippen molar-refractivity contribution in [2.75, 3.05) is 14.2 Å². The fourth-order valence-electron chi connectivity index (χ4n) is 3.07. The lowest BCUT2D eigenvalue weighted by molar-refractivity contribution is 0.0945. The van der Waals surface area contributed by atoms with Crippen LogP contribution in [0.3, 0.4) is 0 Å². The van der Waals surface area contributed by atoms with E-state index in [0.29, 0.717) is 29.4 Å². The summed E-state index contributed by atoms with van der Waals surface area (Å²) >= 11 is 1.61. The first-order valence-corrected chi connectivity index (χ1v) is 9.87. The van der Waals surface area contributed by atoms with Crippen LogP contribution in [0, 0.1) is 6.92 Å². The molecule has 148 valence electrons. The lowest BCUT2D eigenvalue weighted by Crippen LogP contribution is -2.24. The van der Waals surface area contributed by atoms with E-state index >= 15 is 0 Å². The molecule has 4 rings (SSSR count). The molecule has 4 aromatic rings. The van der Waals surface area contributed by atoms with Crippen LogP contribution in [0.5, 0.6) is 11.5 Å². The standard InChI is InChI=1S/C21H20N4O3S/c1-13-9-17(23-20-11-16(24-25(13)20)19-5-4-8-29-19)21(26)22-12-14-10-15(27-2)6-7-18(14)28-3/h4-11H,12H2,1-3H3,(H,22,26). The molecule has 0 saturated carbocycles. The predicted octanol–water partition coefficient (Wildman–Crippen LogP) is 3.71. The molecule has 1 N–H and O–H groups in total. The Morgan fingerprint density at radius 1 is 1.17 bits per heavy atom. The molecular weight excluding hydrogens is 388 g/mol. The third-order valence-corrected chi connectivity index (χ3v) is 5.43. The van der Waals surface area contributed by atoms with Crippen LogP contribution in [0.1, 0.15) is 21.7 Å². The normalized spacial score (nSPS) is 10.9. The second kappa shape index (κ2) is 7.92. The minimum absolute atomic E-state index is 0.264. The highest BCUT2D eigenvalue weighted by atomic mass is 32.1. The Balaban J connectivity index is 1.57. The van der Waals surface area contributed by atoms with Gasteiger partial charge in [0.05, 0.1) is 19.1 Å². The predicted molar refractivity (Wildman–Crippen MR) is 112 cm³/mol. The number of methoxy groups -OCH3 is 2. The van der Waals surface area contributed by atoms with Gasteiger partial charge >= 0.3 is 0 Å². The van der Waals surface area contributed by atoms with Crippen molar-refractivity contribution >= 4 is 22.9 Å². The summed E-state index contributed by atoms with van der Waals surface area (Å²) in [6.45, 7) is 2.20. The zero-order valence-electron chi connectivity index (χ0n) is 16.3. The zero-order valence-corrected chi connectivity index (χ0v) is 17.1. The number of fused-ring (bicyclic) bond motifs is 1. The number of carbonyl (C=O) groups excluding carboxylic acids is 1. The number of benzene rings is 1. The van der Waals surface area contributed by atoms with Crippen LogP contribution in [-0.4, -0.2) is 34.7 Å². The van der Waals surface area contributed by atoms with Gasteiger partial charge in [-0.15, -0.1) is 11.3 Å². The number of nitrogens with zero attached hydrogens (tertiary/aromatic N) is 3. The van der Waals surface area contributed by atoms with Gasteiger partial charge in [-0.2, -0.15) is 5.10 Å². The van der Waals surface area contributed by atoms with E-state index in [2.05, 4.69) is 15.4 Å². The minimum Gasteiger partial charge on any atom is -0.497 e. The summed E-state index contributed by atoms with van der Waals surface area (Å²) in [5, 5.41) is 9.50. The van der Waals surface area contributed by atoms with Crippen molar-refractivity contribution in [3.63, 3.8) is 0 Å². The van der Waals surface area contributed by atoms with Crippen LogP contribution in [0.25, 0.3) is 16.2 Å². The van der Waals surface area contributed by atoms with Gasteiger partial charge < -0.3 is 14.8 Å². The number of ether oxygens (including phenoxy) is 2. The first-order chi connectivity index (χ1) is 14.1. The van der Waals surface area contributed by atoms with Crippen molar-refractivity contribution < 1.29 is 14.3 Å². The molecule has 7 nitrogen and oxygen atoms in total. The topological polar surface area (TPSA) is 77.8 Å². The van der Waals surface area contributed by atoms with Gasteiger partial charge in [-0.1, -0.05) is 6.07 Å². The highest BCUT2D eigenvalue weighted by molar-refractivity contribution is 7.13. The maximum Gasteiger partial charge on any atom is 0.270 e. The van der Waals surface area contributed by atoms with Gasteiger partial charge in [-0.3, -0.25) is 4.79 Å². The Bertz CT molecular complexity index is 1170. The molecule has 0 fully saturated rings. The van der Waals surface area contributed by atoms with E-state index in [9.17, 15) is 4.79 Å². The van der Waals surface area contributed by atoms with Crippen LogP contribution in [0.15, 0.2) is 47.8 Å². The summed E-state index contributed by atoms with van der Waals surface area (Å²) in [6, 6.07) is 13.1. The Morgan fingerprint density at radius 2 is 2.03 bits per heavy atom. The summed E-state index contributed by atoms with van der Waals surface area (Å²) in [5.41, 5.74) is 3.48. The SMILES string of the molecule is COc1ccc(OC)c(CNC(=O)c2cc(C)n3nc(-c4cccs4)cc3n2)c1. The smallest absolute Gasteiger partial charge is 0.270 e. The van der Waals surface area contributed by atoms with Gasteiger partial charge in [-0.05, 0) is 42.6 Å². The molecule has 3 heterocycles. The molecule has 1 amide bonds. The molecule has 3 aromatic heterocycles. The van der Waals surface area contributed by atoms with Gasteiger partial charge in [0.2, 0.25) is 0 Å². The van der Waals surface area contributed by atoms with Gasteiger partial charge in [0.15, 0.2) is 5.65 Å². The van der Waals surface area contributed by atoms with Crippen molar-refractivity contribution in [2.24, 2.45) is 0 Å². The molecule has 8 heteroatoms. The maximum absolute atomic E-state index is 12.7. The molecule has 0 radical (unpaired) electrons. The summed E-state index contributed by atoms with van der Waals surface area (Å²) in [5.74, 6) is 1.12. The molecule has 1 aromatic carbocycles. The van der Waals surface area contributed by atoms with Crippen molar-refractivity contribution in [3.8, 4) is 22.1 Å². The van der Waals surface area contributed by atoms with Crippen molar-refractivity contribution in [1.82, 2.24) is 19.9 Å². The summed E-state index contributed by atoms with van der Waals surface area (Å²) < 4.78 is 12.4. The molecule has 0 aliphatic rings. The first-order valence-electron chi connectivity index (χ1n) is 8.99. The van der Waals surface area contributed by atoms with Crippen LogP contribution in [0.4, 0.5) is 0 Å². The zero-order chi connectivity index (χ0) is 20.4. The van der Waals surface area contributed by atoms with E-state index in [1.54, 1.807) is 36.1 Å². The number of hydrogen-bond acceptors (Lipinski definition) is 6. The lowest BCUT2D eigenvalue weighted by atomic mass is 10.2. The third kappa shape index (κ3) is 3.79. The number of amides is 1. The molecule has 0 spiro atoms. The van der Waals surface area contributed by atoms with Gasteiger partial charge in [0.1, 0.15) is 22.9 Å². The molecule has 0 unspecified atom stereocenters. The molecule has 0 saturated heterocycles. The Hall–Kier alpha value is -3.39. The van der Waals surface area contributed by atoms with Gasteiger partial charge in [-0.25, -0.2) is 9.50 Å². The minimum atomic E-state index is -0.264. The van der Waals surface area contributed by atoms with Crippen molar-refractivity contribution in [3.05, 3.63) is 64.8 Å². The van der Waals surface area contributed by atoms with Crippen LogP contribution >= 0.6 is 11.3 Å². The average molecular weight is 408 g/mol. The number of thiophene rings is 1. The molecule has 0 aliphatic heterocycles. The highest BCUT2D eigenvalue weighted by Gasteiger charge is 2.14. The number of hydrogen-bond donors (Lipinski definition) is 1. The van der Waals surface area contributed by atoms with E-state index in [1.807, 2.05) is 48.7 Å². The second-order valence-corrected chi connectivity index (χ2v) is 7.37. The van der Waals surface area contributed by atoms with E-state index in [0.717, 1.165) is 21.8 Å². The number of rotatable bonds is 6. The van der Waals surface area contributed by atoms with E-state index in [-0.39, 0.29) is 5.91 Å². The third-order valence-electron chi connectivity index (χ3n) is 4.54. The highest BCUT2D eigenvalue weighted by Crippen LogP contribution is 2.25. The number of aromatic nitrogens is 3. The molecule has 29 heavy (non-hydrogen) atoms. The summed E-state index contributed by atoms with van der Waals surface area (Å²) in [4.78, 5) is 18.3. The average Bonchev–Trinajstić information content (AvgIpc) is 3.41. The summed E-state index contributed by atoms with van der Waals surface area (Å²) in [6.07, 6.45) is 0. The van der Waals surface area contributed by atoms with Crippen LogP contribution in [0.2, 0.25) is 0 Å². The van der Waals surface area contributed by atoms with Crippen LogP contribution in [-0.2, 0) is 6.54 Å². The van der Waals surface area contributed by atoms with Crippen molar-refractivity contribution in [2.45, 2.75) is 13.5 Å². The molecule has 0 bridgehead atoms. The largest absolute Gasteiger partial charge is 0.497 e. The van der Waals surface area contributed by atoms with E-state index < -0.39 is 0 Å². The van der Waals surface area contributed by atoms with E-state index in [1.165, 1.54) is 0 Å². The Kier molecular flexibility index (Phi) is 5.18. The lowest BCUT2D eigenvalue weighted by Gasteiger charge is -2.11. The number of aryl methyl sites for hydroxylation is 1. The monoisotopic (exact) mass is 408 g/mol. The fourth-order valence-corrected chi connectivity index (χ4v) is 3.75. The maximum atomic E-state index is 12.7. The first kappa shape index (κ1) is 18.9.